The summed E-state index contributed by atoms with van der Waals surface area (Å²) in [6.07, 6.45) is 0.586. The first-order valence-corrected chi connectivity index (χ1v) is 8.53. The second-order valence-corrected chi connectivity index (χ2v) is 7.27. The Morgan fingerprint density at radius 2 is 2.33 bits per heavy atom. The Balaban J connectivity index is 1.87. The lowest BCUT2D eigenvalue weighted by molar-refractivity contribution is -0.130. The maximum absolute atomic E-state index is 13.4. The first kappa shape index (κ1) is 18.8. The molecule has 1 saturated carbocycles. The van der Waals surface area contributed by atoms with Gasteiger partial charge in [-0.15, -0.1) is 0 Å². The van der Waals surface area contributed by atoms with E-state index in [4.69, 9.17) is 5.26 Å². The number of amides is 1. The van der Waals surface area contributed by atoms with E-state index in [2.05, 4.69) is 24.0 Å². The van der Waals surface area contributed by atoms with Gasteiger partial charge in [0.05, 0.1) is 30.8 Å². The molecule has 0 spiro atoms. The van der Waals surface area contributed by atoms with Crippen molar-refractivity contribution in [1.29, 1.82) is 5.26 Å². The van der Waals surface area contributed by atoms with Gasteiger partial charge in [-0.25, -0.2) is 4.39 Å². The Labute approximate surface area is 142 Å². The Hall–Kier alpha value is -1.52. The molecule has 1 heterocycles. The van der Waals surface area contributed by atoms with Gasteiger partial charge in [0, 0.05) is 12.5 Å². The van der Waals surface area contributed by atoms with E-state index in [0.717, 1.165) is 0 Å². The molecule has 0 radical (unpaired) electrons. The first-order valence-electron chi connectivity index (χ1n) is 8.53. The molecule has 7 heteroatoms. The highest BCUT2D eigenvalue weighted by molar-refractivity contribution is 5.79. The molecule has 1 saturated heterocycles. The molecule has 6 nitrogen and oxygen atoms in total. The molecular formula is C17H27FN4O2. The Kier molecular flexibility index (Phi) is 5.94. The summed E-state index contributed by atoms with van der Waals surface area (Å²) in [6, 6.07) is 1.31. The van der Waals surface area contributed by atoms with Gasteiger partial charge in [-0.05, 0) is 38.8 Å². The molecule has 1 aliphatic carbocycles. The second-order valence-electron chi connectivity index (χ2n) is 7.27. The van der Waals surface area contributed by atoms with Crippen LogP contribution in [0.2, 0.25) is 0 Å². The van der Waals surface area contributed by atoms with E-state index in [-0.39, 0.29) is 49.0 Å². The predicted molar refractivity (Wildman–Crippen MR) is 89.4 cm³/mol. The fourth-order valence-electron chi connectivity index (χ4n) is 4.04. The van der Waals surface area contributed by atoms with E-state index in [1.807, 2.05) is 13.0 Å². The molecule has 6 unspecified atom stereocenters. The maximum Gasteiger partial charge on any atom is 0.237 e. The summed E-state index contributed by atoms with van der Waals surface area (Å²) in [5.74, 6) is -0.0209. The summed E-state index contributed by atoms with van der Waals surface area (Å²) in [4.78, 5) is 17.8. The molecule has 134 valence electrons. The Bertz CT molecular complexity index is 523. The quantitative estimate of drug-likeness (QED) is 0.709. The topological polar surface area (TPSA) is 88.7 Å². The molecule has 2 rings (SSSR count). The van der Waals surface area contributed by atoms with E-state index in [9.17, 15) is 14.3 Å². The van der Waals surface area contributed by atoms with Crippen molar-refractivity contribution in [2.45, 2.75) is 69.4 Å². The minimum Gasteiger partial charge on any atom is -0.393 e. The summed E-state index contributed by atoms with van der Waals surface area (Å²) < 4.78 is 13.4. The molecule has 2 fully saturated rings. The van der Waals surface area contributed by atoms with E-state index < -0.39 is 12.2 Å². The number of halogens is 1. The number of nitrogens with zero attached hydrogens (tertiary/aromatic N) is 3. The van der Waals surface area contributed by atoms with Crippen LogP contribution in [0.1, 0.15) is 39.5 Å². The van der Waals surface area contributed by atoms with E-state index >= 15 is 0 Å². The van der Waals surface area contributed by atoms with Crippen LogP contribution in [0.3, 0.4) is 0 Å². The number of carbonyl (C=O) groups excluding carboxylic acids is 1. The number of likely N-dealkylation sites (tertiary alicyclic amines) is 1. The fraction of sp³-hybridized carbons (Fsp3) is 0.824. The Morgan fingerprint density at radius 1 is 1.62 bits per heavy atom. The molecule has 24 heavy (non-hydrogen) atoms. The molecule has 1 aliphatic heterocycles. The number of nitrogens with one attached hydrogen (secondary N) is 1. The molecular weight excluding hydrogens is 311 g/mol. The number of rotatable bonds is 6. The lowest BCUT2D eigenvalue weighted by Crippen LogP contribution is -2.45. The Morgan fingerprint density at radius 3 is 2.88 bits per heavy atom. The summed E-state index contributed by atoms with van der Waals surface area (Å²) >= 11 is 0. The highest BCUT2D eigenvalue weighted by Gasteiger charge is 2.44. The van der Waals surface area contributed by atoms with Crippen molar-refractivity contribution in [2.75, 3.05) is 13.1 Å². The van der Waals surface area contributed by atoms with Crippen LogP contribution in [0, 0.1) is 17.2 Å². The van der Waals surface area contributed by atoms with E-state index in [1.165, 1.54) is 4.90 Å². The number of aliphatic hydroxyl groups excluding tert-OH is 1. The monoisotopic (exact) mass is 338 g/mol. The molecule has 0 aromatic carbocycles. The normalized spacial score (nSPS) is 37.2. The highest BCUT2D eigenvalue weighted by Crippen LogP contribution is 2.41. The van der Waals surface area contributed by atoms with Crippen LogP contribution < -0.4 is 5.32 Å². The van der Waals surface area contributed by atoms with Crippen LogP contribution in [-0.4, -0.2) is 65.6 Å². The number of hydrogen-bond donors (Lipinski definition) is 2. The maximum atomic E-state index is 13.4. The standard InChI is InChI=1S/C17H27FN4O2/c1-11-4-15(23)7-17(11,20-3)6-12(2)21-9-16(24)22-10-13(18)5-14(22)8-19/h11-15,21,23H,3-7,9-10H2,1-2H3. The van der Waals surface area contributed by atoms with Gasteiger partial charge in [-0.2, -0.15) is 5.26 Å². The number of alkyl halides is 1. The third-order valence-electron chi connectivity index (χ3n) is 5.43. The summed E-state index contributed by atoms with van der Waals surface area (Å²) in [7, 11) is 0. The van der Waals surface area contributed by atoms with Gasteiger partial charge in [-0.3, -0.25) is 9.79 Å². The van der Waals surface area contributed by atoms with E-state index in [0.29, 0.717) is 19.3 Å². The van der Waals surface area contributed by atoms with Crippen LogP contribution in [0.25, 0.3) is 0 Å². The lowest BCUT2D eigenvalue weighted by atomic mass is 9.83. The number of aliphatic imine (C=N–C) groups is 1. The smallest absolute Gasteiger partial charge is 0.237 e. The average molecular weight is 338 g/mol. The zero-order chi connectivity index (χ0) is 17.9. The van der Waals surface area contributed by atoms with Gasteiger partial charge in [0.15, 0.2) is 0 Å². The molecule has 2 aliphatic rings. The molecule has 6 atom stereocenters. The van der Waals surface area contributed by atoms with Gasteiger partial charge in [0.1, 0.15) is 12.2 Å². The van der Waals surface area contributed by atoms with Crippen molar-refractivity contribution in [3.05, 3.63) is 0 Å². The van der Waals surface area contributed by atoms with Crippen LogP contribution >= 0.6 is 0 Å². The molecule has 0 aromatic heterocycles. The third-order valence-corrected chi connectivity index (χ3v) is 5.43. The second kappa shape index (κ2) is 7.58. The van der Waals surface area contributed by atoms with Crippen molar-refractivity contribution in [2.24, 2.45) is 10.9 Å². The van der Waals surface area contributed by atoms with Crippen LogP contribution in [-0.2, 0) is 4.79 Å². The molecule has 0 bridgehead atoms. The minimum atomic E-state index is -1.12. The zero-order valence-corrected chi connectivity index (χ0v) is 14.4. The summed E-state index contributed by atoms with van der Waals surface area (Å²) in [6.45, 7) is 7.78. The van der Waals surface area contributed by atoms with Gasteiger partial charge in [0.2, 0.25) is 5.91 Å². The van der Waals surface area contributed by atoms with Gasteiger partial charge in [-0.1, -0.05) is 6.92 Å². The lowest BCUT2D eigenvalue weighted by Gasteiger charge is -2.32. The first-order chi connectivity index (χ1) is 11.3. The van der Waals surface area contributed by atoms with Crippen molar-refractivity contribution in [3.63, 3.8) is 0 Å². The van der Waals surface area contributed by atoms with Gasteiger partial charge < -0.3 is 15.3 Å². The number of aliphatic hydroxyl groups is 1. The minimum absolute atomic E-state index is 0.00323. The number of hydrogen-bond acceptors (Lipinski definition) is 5. The van der Waals surface area contributed by atoms with Gasteiger partial charge in [0.25, 0.3) is 0 Å². The number of carbonyl (C=O) groups is 1. The molecule has 0 aromatic rings. The SMILES string of the molecule is C=NC1(CC(C)NCC(=O)N2CC(F)CC2C#N)CC(O)CC1C. The van der Waals surface area contributed by atoms with Crippen molar-refractivity contribution in [3.8, 4) is 6.07 Å². The summed E-state index contributed by atoms with van der Waals surface area (Å²) in [5, 5.41) is 22.1. The largest absolute Gasteiger partial charge is 0.393 e. The predicted octanol–water partition coefficient (Wildman–Crippen LogP) is 1.05. The van der Waals surface area contributed by atoms with Gasteiger partial charge >= 0.3 is 0 Å². The zero-order valence-electron chi connectivity index (χ0n) is 14.4. The van der Waals surface area contributed by atoms with Crippen LogP contribution in [0.5, 0.6) is 0 Å². The fourth-order valence-corrected chi connectivity index (χ4v) is 4.04. The summed E-state index contributed by atoms with van der Waals surface area (Å²) in [5.41, 5.74) is -0.373. The molecule has 2 N–H and O–H groups in total. The third kappa shape index (κ3) is 3.93. The highest BCUT2D eigenvalue weighted by atomic mass is 19.1. The number of nitriles is 1. The van der Waals surface area contributed by atoms with Crippen molar-refractivity contribution < 1.29 is 14.3 Å². The van der Waals surface area contributed by atoms with Crippen molar-refractivity contribution >= 4 is 12.6 Å². The van der Waals surface area contributed by atoms with Crippen LogP contribution in [0.4, 0.5) is 4.39 Å². The van der Waals surface area contributed by atoms with Crippen LogP contribution in [0.15, 0.2) is 4.99 Å². The molecule has 1 amide bonds. The average Bonchev–Trinajstić information content (AvgIpc) is 3.04. The van der Waals surface area contributed by atoms with E-state index in [1.54, 1.807) is 0 Å². The van der Waals surface area contributed by atoms with Crippen molar-refractivity contribution in [1.82, 2.24) is 10.2 Å².